The average molecular weight is 501 g/mol. The van der Waals surface area contributed by atoms with Crippen LogP contribution in [0.3, 0.4) is 0 Å². The number of carbonyl (C=O) groups is 3. The smallest absolute Gasteiger partial charge is 0.291 e. The molecule has 0 aliphatic carbocycles. The van der Waals surface area contributed by atoms with Gasteiger partial charge in [-0.3, -0.25) is 19.5 Å². The van der Waals surface area contributed by atoms with Crippen LogP contribution in [0.4, 0.5) is 5.69 Å². The number of hydrogen-bond acceptors (Lipinski definition) is 6. The average Bonchev–Trinajstić information content (AvgIpc) is 3.61. The summed E-state index contributed by atoms with van der Waals surface area (Å²) in [5.74, 6) is 0.0992. The minimum atomic E-state index is -0.920. The molecule has 5 rings (SSSR count). The number of amides is 3. The third kappa shape index (κ3) is 5.53. The van der Waals surface area contributed by atoms with Crippen molar-refractivity contribution in [3.05, 3.63) is 77.4 Å². The fourth-order valence-electron chi connectivity index (χ4n) is 4.42. The number of anilines is 1. The lowest BCUT2D eigenvalue weighted by Gasteiger charge is -2.20. The molecule has 2 aliphatic heterocycles. The molecule has 0 bridgehead atoms. The predicted molar refractivity (Wildman–Crippen MR) is 137 cm³/mol. The van der Waals surface area contributed by atoms with Crippen LogP contribution in [0.15, 0.2) is 54.6 Å². The quantitative estimate of drug-likeness (QED) is 0.501. The lowest BCUT2D eigenvalue weighted by atomic mass is 10.1. The van der Waals surface area contributed by atoms with Crippen molar-refractivity contribution in [2.75, 3.05) is 31.6 Å². The second-order valence-corrected chi connectivity index (χ2v) is 9.10. The van der Waals surface area contributed by atoms with Crippen molar-refractivity contribution in [3.8, 4) is 5.75 Å². The molecule has 37 heavy (non-hydrogen) atoms. The van der Waals surface area contributed by atoms with Gasteiger partial charge in [0.25, 0.3) is 11.8 Å². The Morgan fingerprint density at radius 3 is 2.73 bits per heavy atom. The first-order valence-corrected chi connectivity index (χ1v) is 12.3. The highest BCUT2D eigenvalue weighted by Gasteiger charge is 2.31. The summed E-state index contributed by atoms with van der Waals surface area (Å²) in [5.41, 5.74) is 2.36. The van der Waals surface area contributed by atoms with Crippen molar-refractivity contribution >= 4 is 29.5 Å². The van der Waals surface area contributed by atoms with Crippen LogP contribution < -0.4 is 15.0 Å². The zero-order chi connectivity index (χ0) is 25.8. The second-order valence-electron chi connectivity index (χ2n) is 9.10. The number of hydrogen-bond donors (Lipinski definition) is 2. The van der Waals surface area contributed by atoms with E-state index >= 15 is 0 Å². The molecular formula is C27H28N6O4. The van der Waals surface area contributed by atoms with E-state index < -0.39 is 11.9 Å². The number of H-pyrrole nitrogens is 1. The Bertz CT molecular complexity index is 1330. The largest absolute Gasteiger partial charge is 0.489 e. The Kier molecular flexibility index (Phi) is 6.98. The zero-order valence-corrected chi connectivity index (χ0v) is 20.5. The van der Waals surface area contributed by atoms with Crippen LogP contribution in [-0.2, 0) is 16.0 Å². The highest BCUT2D eigenvalue weighted by Crippen LogP contribution is 2.32. The van der Waals surface area contributed by atoms with E-state index in [-0.39, 0.29) is 24.2 Å². The van der Waals surface area contributed by atoms with E-state index in [1.807, 2.05) is 41.3 Å². The van der Waals surface area contributed by atoms with Crippen LogP contribution in [0.5, 0.6) is 5.75 Å². The van der Waals surface area contributed by atoms with E-state index in [4.69, 9.17) is 4.74 Å². The van der Waals surface area contributed by atoms with E-state index in [1.54, 1.807) is 31.3 Å². The molecule has 190 valence electrons. The van der Waals surface area contributed by atoms with E-state index in [0.29, 0.717) is 23.7 Å². The molecular weight excluding hydrogens is 472 g/mol. The van der Waals surface area contributed by atoms with Gasteiger partial charge in [0.1, 0.15) is 24.2 Å². The van der Waals surface area contributed by atoms with Gasteiger partial charge in [-0.05, 0) is 42.2 Å². The number of aromatic nitrogens is 3. The third-order valence-corrected chi connectivity index (χ3v) is 6.47. The molecule has 2 aromatic carbocycles. The van der Waals surface area contributed by atoms with Gasteiger partial charge in [-0.1, -0.05) is 36.4 Å². The number of likely N-dealkylation sites (N-methyl/N-ethyl adjacent to an activating group) is 1. The first-order chi connectivity index (χ1) is 18.0. The lowest BCUT2D eigenvalue weighted by molar-refractivity contribution is -0.125. The Hall–Kier alpha value is -4.47. The molecule has 1 atom stereocenters. The van der Waals surface area contributed by atoms with Crippen molar-refractivity contribution in [1.29, 1.82) is 0 Å². The fourth-order valence-corrected chi connectivity index (χ4v) is 4.42. The van der Waals surface area contributed by atoms with Crippen LogP contribution in [0.25, 0.3) is 6.08 Å². The summed E-state index contributed by atoms with van der Waals surface area (Å²) in [5, 5.41) is 9.48. The number of likely N-dealkylation sites (tertiary alicyclic amines) is 1. The molecule has 1 unspecified atom stereocenters. The SMILES string of the molecule is CN1C(=O)C(NC(=O)c2n[nH]c(Cc3ccccc3)n2)COc2ccc(/C=C/C(=O)N3CCCC3)cc21. The Balaban J connectivity index is 1.24. The molecule has 3 heterocycles. The summed E-state index contributed by atoms with van der Waals surface area (Å²) in [6, 6.07) is 14.2. The molecule has 3 aromatic rings. The molecule has 2 N–H and O–H groups in total. The number of nitrogens with one attached hydrogen (secondary N) is 2. The first-order valence-electron chi connectivity index (χ1n) is 12.3. The van der Waals surface area contributed by atoms with Crippen LogP contribution in [0.1, 0.15) is 40.4 Å². The molecule has 2 aliphatic rings. The monoisotopic (exact) mass is 500 g/mol. The number of rotatable bonds is 6. The molecule has 0 radical (unpaired) electrons. The normalized spacial score (nSPS) is 17.4. The Morgan fingerprint density at radius 1 is 1.16 bits per heavy atom. The second kappa shape index (κ2) is 10.7. The minimum Gasteiger partial charge on any atom is -0.489 e. The summed E-state index contributed by atoms with van der Waals surface area (Å²) >= 11 is 0. The topological polar surface area (TPSA) is 121 Å². The van der Waals surface area contributed by atoms with Gasteiger partial charge >= 0.3 is 0 Å². The number of aromatic amines is 1. The maximum Gasteiger partial charge on any atom is 0.291 e. The van der Waals surface area contributed by atoms with Crippen LogP contribution in [0, 0.1) is 0 Å². The van der Waals surface area contributed by atoms with Gasteiger partial charge in [0.05, 0.1) is 5.69 Å². The van der Waals surface area contributed by atoms with Gasteiger partial charge in [0, 0.05) is 32.6 Å². The van der Waals surface area contributed by atoms with Crippen LogP contribution >= 0.6 is 0 Å². The molecule has 0 spiro atoms. The number of ether oxygens (including phenoxy) is 1. The van der Waals surface area contributed by atoms with E-state index in [1.165, 1.54) is 4.90 Å². The minimum absolute atomic E-state index is 0.0187. The predicted octanol–water partition coefficient (Wildman–Crippen LogP) is 2.18. The van der Waals surface area contributed by atoms with Gasteiger partial charge < -0.3 is 19.9 Å². The number of fused-ring (bicyclic) bond motifs is 1. The highest BCUT2D eigenvalue weighted by molar-refractivity contribution is 6.02. The van der Waals surface area contributed by atoms with Crippen molar-refractivity contribution in [1.82, 2.24) is 25.4 Å². The fraction of sp³-hybridized carbons (Fsp3) is 0.296. The van der Waals surface area contributed by atoms with Crippen LogP contribution in [0.2, 0.25) is 0 Å². The van der Waals surface area contributed by atoms with Crippen molar-refractivity contribution in [2.45, 2.75) is 25.3 Å². The maximum atomic E-state index is 13.2. The molecule has 1 aromatic heterocycles. The molecule has 3 amide bonds. The van der Waals surface area contributed by atoms with Crippen molar-refractivity contribution in [3.63, 3.8) is 0 Å². The van der Waals surface area contributed by atoms with Gasteiger partial charge in [-0.15, -0.1) is 5.10 Å². The molecule has 1 fully saturated rings. The summed E-state index contributed by atoms with van der Waals surface area (Å²) in [7, 11) is 1.63. The van der Waals surface area contributed by atoms with Gasteiger partial charge in [0.2, 0.25) is 11.7 Å². The summed E-state index contributed by atoms with van der Waals surface area (Å²) < 4.78 is 5.86. The van der Waals surface area contributed by atoms with Crippen molar-refractivity contribution < 1.29 is 19.1 Å². The third-order valence-electron chi connectivity index (χ3n) is 6.47. The van der Waals surface area contributed by atoms with E-state index in [0.717, 1.165) is 37.1 Å². The maximum absolute atomic E-state index is 13.2. The molecule has 0 saturated carbocycles. The molecule has 1 saturated heterocycles. The van der Waals surface area contributed by atoms with Gasteiger partial charge in [-0.25, -0.2) is 4.98 Å². The molecule has 10 heteroatoms. The van der Waals surface area contributed by atoms with E-state index in [2.05, 4.69) is 20.5 Å². The lowest BCUT2D eigenvalue weighted by Crippen LogP contribution is -2.49. The Labute approximate surface area is 214 Å². The zero-order valence-electron chi connectivity index (χ0n) is 20.5. The van der Waals surface area contributed by atoms with Gasteiger partial charge in [0.15, 0.2) is 0 Å². The van der Waals surface area contributed by atoms with Crippen molar-refractivity contribution in [2.24, 2.45) is 0 Å². The standard InChI is InChI=1S/C27H28N6O4/c1-32-21-15-19(10-12-24(34)33-13-5-6-14-33)9-11-22(21)37-17-20(27(32)36)28-26(35)25-29-23(30-31-25)16-18-7-3-2-4-8-18/h2-4,7-12,15,20H,5-6,13-14,16-17H2,1H3,(H,28,35)(H,29,30,31)/b12-10+. The molecule has 10 nitrogen and oxygen atoms in total. The van der Waals surface area contributed by atoms with Gasteiger partial charge in [-0.2, -0.15) is 0 Å². The van der Waals surface area contributed by atoms with Crippen LogP contribution in [-0.4, -0.2) is 70.6 Å². The highest BCUT2D eigenvalue weighted by atomic mass is 16.5. The number of benzene rings is 2. The number of nitrogens with zero attached hydrogens (tertiary/aromatic N) is 4. The summed E-state index contributed by atoms with van der Waals surface area (Å²) in [6.45, 7) is 1.53. The van der Waals surface area contributed by atoms with E-state index in [9.17, 15) is 14.4 Å². The Morgan fingerprint density at radius 2 is 1.95 bits per heavy atom. The number of carbonyl (C=O) groups excluding carboxylic acids is 3. The summed E-state index contributed by atoms with van der Waals surface area (Å²) in [4.78, 5) is 45.9. The first kappa shape index (κ1) is 24.2. The summed E-state index contributed by atoms with van der Waals surface area (Å²) in [6.07, 6.45) is 5.86.